The number of rotatable bonds is 2. The number of hydrogen-bond donors (Lipinski definition) is 1. The van der Waals surface area contributed by atoms with Crippen molar-refractivity contribution >= 4 is 17.5 Å². The molecular weight excluding hydrogens is 172 g/mol. The number of aromatic nitrogens is 4. The Balaban J connectivity index is 2.75. The Morgan fingerprint density at radius 3 is 3.15 bits per heavy atom. The monoisotopic (exact) mass is 178 g/mol. The number of nitrogens with one attached hydrogen (secondary N) is 1. The third kappa shape index (κ3) is 1.12. The zero-order valence-electron chi connectivity index (χ0n) is 6.60. The second-order valence-electron chi connectivity index (χ2n) is 2.47. The van der Waals surface area contributed by atoms with Crippen LogP contribution in [-0.4, -0.2) is 25.8 Å². The summed E-state index contributed by atoms with van der Waals surface area (Å²) in [4.78, 5) is 31.5. The number of aromatic amines is 1. The fourth-order valence-corrected chi connectivity index (χ4v) is 1.11. The van der Waals surface area contributed by atoms with E-state index in [9.17, 15) is 9.59 Å². The highest BCUT2D eigenvalue weighted by Crippen LogP contribution is 2.01. The maximum Gasteiger partial charge on any atom is 0.278 e. The minimum Gasteiger partial charge on any atom is -0.311 e. The number of imidazole rings is 1. The minimum atomic E-state index is -0.297. The van der Waals surface area contributed by atoms with Crippen molar-refractivity contribution in [1.29, 1.82) is 0 Å². The number of H-pyrrole nitrogens is 1. The lowest BCUT2D eigenvalue weighted by atomic mass is 10.5. The summed E-state index contributed by atoms with van der Waals surface area (Å²) in [6.45, 7) is 0.160. The molecular formula is C7H6N4O2. The summed E-state index contributed by atoms with van der Waals surface area (Å²) in [7, 11) is 0. The highest BCUT2D eigenvalue weighted by atomic mass is 16.1. The summed E-state index contributed by atoms with van der Waals surface area (Å²) in [5.74, 6) is 0. The van der Waals surface area contributed by atoms with Crippen LogP contribution in [0.2, 0.25) is 0 Å². The smallest absolute Gasteiger partial charge is 0.278 e. The lowest BCUT2D eigenvalue weighted by Crippen LogP contribution is -2.07. The van der Waals surface area contributed by atoms with Gasteiger partial charge in [-0.05, 0) is 0 Å². The third-order valence-electron chi connectivity index (χ3n) is 1.68. The zero-order chi connectivity index (χ0) is 9.26. The van der Waals surface area contributed by atoms with E-state index < -0.39 is 0 Å². The molecule has 2 heterocycles. The second-order valence-corrected chi connectivity index (χ2v) is 2.47. The van der Waals surface area contributed by atoms with Crippen molar-refractivity contribution in [2.45, 2.75) is 6.54 Å². The first kappa shape index (κ1) is 7.66. The van der Waals surface area contributed by atoms with E-state index >= 15 is 0 Å². The predicted molar refractivity (Wildman–Crippen MR) is 44.2 cm³/mol. The lowest BCUT2D eigenvalue weighted by molar-refractivity contribution is -0.108. The Labute approximate surface area is 72.2 Å². The molecule has 2 aromatic rings. The highest BCUT2D eigenvalue weighted by molar-refractivity contribution is 5.70. The van der Waals surface area contributed by atoms with Crippen LogP contribution in [0.25, 0.3) is 11.2 Å². The molecule has 0 spiro atoms. The fourth-order valence-electron chi connectivity index (χ4n) is 1.11. The van der Waals surface area contributed by atoms with Crippen molar-refractivity contribution in [3.8, 4) is 0 Å². The van der Waals surface area contributed by atoms with E-state index in [0.29, 0.717) is 5.65 Å². The Hall–Kier alpha value is -1.98. The Bertz CT molecular complexity index is 498. The summed E-state index contributed by atoms with van der Waals surface area (Å²) < 4.78 is 1.51. The zero-order valence-corrected chi connectivity index (χ0v) is 6.60. The molecule has 0 aromatic carbocycles. The average Bonchev–Trinajstić information content (AvgIpc) is 2.51. The second kappa shape index (κ2) is 2.81. The van der Waals surface area contributed by atoms with Gasteiger partial charge in [-0.1, -0.05) is 0 Å². The molecule has 0 aliphatic carbocycles. The van der Waals surface area contributed by atoms with E-state index in [-0.39, 0.29) is 17.6 Å². The van der Waals surface area contributed by atoms with Gasteiger partial charge in [0.15, 0.2) is 11.2 Å². The predicted octanol–water partition coefficient (Wildman–Crippen LogP) is -0.681. The number of carbonyl (C=O) groups is 1. The van der Waals surface area contributed by atoms with Crippen molar-refractivity contribution < 1.29 is 4.79 Å². The molecule has 6 heteroatoms. The van der Waals surface area contributed by atoms with E-state index in [0.717, 1.165) is 6.29 Å². The van der Waals surface area contributed by atoms with Gasteiger partial charge in [0.1, 0.15) is 6.29 Å². The summed E-state index contributed by atoms with van der Waals surface area (Å²) in [6, 6.07) is 0. The van der Waals surface area contributed by atoms with Crippen LogP contribution in [0.1, 0.15) is 0 Å². The molecule has 0 radical (unpaired) electrons. The van der Waals surface area contributed by atoms with Crippen LogP contribution in [0.15, 0.2) is 17.4 Å². The van der Waals surface area contributed by atoms with Crippen molar-refractivity contribution in [3.05, 3.63) is 23.0 Å². The lowest BCUT2D eigenvalue weighted by Gasteiger charge is -1.94. The average molecular weight is 178 g/mol. The minimum absolute atomic E-state index is 0.160. The molecule has 0 saturated carbocycles. The van der Waals surface area contributed by atoms with Crippen LogP contribution < -0.4 is 5.56 Å². The molecule has 0 aliphatic rings. The molecule has 0 aliphatic heterocycles. The quantitative estimate of drug-likeness (QED) is 0.617. The molecule has 0 atom stereocenters. The number of fused-ring (bicyclic) bond motifs is 1. The fraction of sp³-hybridized carbons (Fsp3) is 0.143. The maximum atomic E-state index is 11.1. The van der Waals surface area contributed by atoms with Gasteiger partial charge in [0, 0.05) is 0 Å². The van der Waals surface area contributed by atoms with Crippen LogP contribution in [-0.2, 0) is 11.3 Å². The first-order valence-corrected chi connectivity index (χ1v) is 3.65. The third-order valence-corrected chi connectivity index (χ3v) is 1.68. The Kier molecular flexibility index (Phi) is 1.66. The number of nitrogens with zero attached hydrogens (tertiary/aromatic N) is 3. The van der Waals surface area contributed by atoms with Gasteiger partial charge in [-0.2, -0.15) is 0 Å². The summed E-state index contributed by atoms with van der Waals surface area (Å²) in [6.07, 6.45) is 3.43. The first-order chi connectivity index (χ1) is 6.33. The molecule has 2 aromatic heterocycles. The SMILES string of the molecule is O=CCn1cnc2c(=O)[nH]cnc21. The van der Waals surface area contributed by atoms with Crippen molar-refractivity contribution in [2.24, 2.45) is 0 Å². The van der Waals surface area contributed by atoms with Crippen LogP contribution in [0.3, 0.4) is 0 Å². The first-order valence-electron chi connectivity index (χ1n) is 3.65. The number of aldehydes is 1. The molecule has 0 bridgehead atoms. The Morgan fingerprint density at radius 2 is 2.38 bits per heavy atom. The van der Waals surface area contributed by atoms with E-state index in [2.05, 4.69) is 15.0 Å². The molecule has 0 amide bonds. The largest absolute Gasteiger partial charge is 0.311 e. The van der Waals surface area contributed by atoms with Gasteiger partial charge in [0.25, 0.3) is 5.56 Å². The number of carbonyl (C=O) groups excluding carboxylic acids is 1. The summed E-state index contributed by atoms with van der Waals surface area (Å²) in [5, 5.41) is 0. The van der Waals surface area contributed by atoms with Gasteiger partial charge in [0.2, 0.25) is 0 Å². The van der Waals surface area contributed by atoms with Gasteiger partial charge >= 0.3 is 0 Å². The van der Waals surface area contributed by atoms with Crippen LogP contribution in [0.4, 0.5) is 0 Å². The van der Waals surface area contributed by atoms with Crippen LogP contribution >= 0.6 is 0 Å². The van der Waals surface area contributed by atoms with Crippen molar-refractivity contribution in [2.75, 3.05) is 0 Å². The van der Waals surface area contributed by atoms with Crippen LogP contribution in [0.5, 0.6) is 0 Å². The van der Waals surface area contributed by atoms with Gasteiger partial charge in [0.05, 0.1) is 19.2 Å². The van der Waals surface area contributed by atoms with Gasteiger partial charge < -0.3 is 14.3 Å². The summed E-state index contributed by atoms with van der Waals surface area (Å²) >= 11 is 0. The molecule has 0 fully saturated rings. The normalized spacial score (nSPS) is 10.5. The molecule has 0 unspecified atom stereocenters. The maximum absolute atomic E-state index is 11.1. The van der Waals surface area contributed by atoms with Gasteiger partial charge in [-0.3, -0.25) is 4.79 Å². The number of hydrogen-bond acceptors (Lipinski definition) is 4. The Morgan fingerprint density at radius 1 is 1.54 bits per heavy atom. The van der Waals surface area contributed by atoms with E-state index in [1.54, 1.807) is 0 Å². The molecule has 2 rings (SSSR count). The standard InChI is InChI=1S/C7H6N4O2/c12-2-1-11-4-10-5-6(11)8-3-9-7(5)13/h2-4H,1H2,(H,8,9,13). The molecule has 1 N–H and O–H groups in total. The van der Waals surface area contributed by atoms with Gasteiger partial charge in [-0.25, -0.2) is 9.97 Å². The van der Waals surface area contributed by atoms with E-state index in [1.165, 1.54) is 17.2 Å². The van der Waals surface area contributed by atoms with Crippen molar-refractivity contribution in [3.63, 3.8) is 0 Å². The van der Waals surface area contributed by atoms with Crippen LogP contribution in [0, 0.1) is 0 Å². The molecule has 66 valence electrons. The van der Waals surface area contributed by atoms with E-state index in [1.807, 2.05) is 0 Å². The summed E-state index contributed by atoms with van der Waals surface area (Å²) in [5.41, 5.74) is 0.384. The molecule has 13 heavy (non-hydrogen) atoms. The highest BCUT2D eigenvalue weighted by Gasteiger charge is 2.05. The van der Waals surface area contributed by atoms with E-state index in [4.69, 9.17) is 0 Å². The topological polar surface area (TPSA) is 80.6 Å². The van der Waals surface area contributed by atoms with Gasteiger partial charge in [-0.15, -0.1) is 0 Å². The molecule has 6 nitrogen and oxygen atoms in total. The molecule has 0 saturated heterocycles. The van der Waals surface area contributed by atoms with Crippen molar-refractivity contribution in [1.82, 2.24) is 19.5 Å².